The number of carbonyl (C=O) groups excluding carboxylic acids is 2. The molecule has 0 unspecified atom stereocenters. The van der Waals surface area contributed by atoms with Crippen LogP contribution in [0.25, 0.3) is 0 Å². The van der Waals surface area contributed by atoms with Gasteiger partial charge in [-0.05, 0) is 36.2 Å². The number of pyridine rings is 1. The molecule has 2 amide bonds. The lowest BCUT2D eigenvalue weighted by molar-refractivity contribution is -0.130. The molecule has 0 spiro atoms. The van der Waals surface area contributed by atoms with Gasteiger partial charge in [0.1, 0.15) is 5.75 Å². The maximum absolute atomic E-state index is 12.6. The number of amides is 2. The summed E-state index contributed by atoms with van der Waals surface area (Å²) in [4.78, 5) is 32.8. The summed E-state index contributed by atoms with van der Waals surface area (Å²) in [5, 5.41) is 0. The number of benzene rings is 1. The number of hydrogen-bond donors (Lipinski definition) is 0. The molecule has 0 saturated carbocycles. The standard InChI is InChI=1S/C20H23N3O3/c1-26-18-7-5-16(6-8-18)14-19(24)22-10-3-11-23(13-12-22)20(25)17-4-2-9-21-15-17/h2,4-9,15H,3,10-14H2,1H3. The van der Waals surface area contributed by atoms with E-state index in [0.29, 0.717) is 38.2 Å². The van der Waals surface area contributed by atoms with Crippen LogP contribution in [0.15, 0.2) is 48.8 Å². The molecule has 3 rings (SSSR count). The Labute approximate surface area is 153 Å². The molecule has 2 aromatic rings. The summed E-state index contributed by atoms with van der Waals surface area (Å²) in [7, 11) is 1.62. The largest absolute Gasteiger partial charge is 0.497 e. The van der Waals surface area contributed by atoms with E-state index in [1.807, 2.05) is 29.2 Å². The number of methoxy groups -OCH3 is 1. The molecule has 0 aliphatic carbocycles. The fraction of sp³-hybridized carbons (Fsp3) is 0.350. The summed E-state index contributed by atoms with van der Waals surface area (Å²) in [6, 6.07) is 11.1. The first-order chi connectivity index (χ1) is 12.7. The average Bonchev–Trinajstić information content (AvgIpc) is 2.95. The molecule has 1 aromatic carbocycles. The van der Waals surface area contributed by atoms with Crippen LogP contribution in [0.1, 0.15) is 22.3 Å². The first kappa shape index (κ1) is 17.9. The zero-order valence-electron chi connectivity index (χ0n) is 14.9. The van der Waals surface area contributed by atoms with Gasteiger partial charge in [0.2, 0.25) is 5.91 Å². The summed E-state index contributed by atoms with van der Waals surface area (Å²) < 4.78 is 5.14. The fourth-order valence-corrected chi connectivity index (χ4v) is 3.07. The smallest absolute Gasteiger partial charge is 0.255 e. The lowest BCUT2D eigenvalue weighted by atomic mass is 10.1. The van der Waals surface area contributed by atoms with Crippen LogP contribution in [-0.4, -0.2) is 59.9 Å². The predicted octanol–water partition coefficient (Wildman–Crippen LogP) is 2.01. The highest BCUT2D eigenvalue weighted by molar-refractivity contribution is 5.94. The van der Waals surface area contributed by atoms with Crippen LogP contribution >= 0.6 is 0 Å². The van der Waals surface area contributed by atoms with E-state index in [9.17, 15) is 9.59 Å². The van der Waals surface area contributed by atoms with Crippen LogP contribution in [0.2, 0.25) is 0 Å². The molecule has 0 radical (unpaired) electrons. The fourth-order valence-electron chi connectivity index (χ4n) is 3.07. The van der Waals surface area contributed by atoms with Crippen molar-refractivity contribution in [1.82, 2.24) is 14.8 Å². The van der Waals surface area contributed by atoms with Crippen molar-refractivity contribution in [2.24, 2.45) is 0 Å². The highest BCUT2D eigenvalue weighted by Gasteiger charge is 2.22. The van der Waals surface area contributed by atoms with Gasteiger partial charge in [-0.25, -0.2) is 0 Å². The molecule has 6 nitrogen and oxygen atoms in total. The Kier molecular flexibility index (Phi) is 5.84. The topological polar surface area (TPSA) is 62.7 Å². The molecule has 26 heavy (non-hydrogen) atoms. The molecule has 0 bridgehead atoms. The second kappa shape index (κ2) is 8.47. The highest BCUT2D eigenvalue weighted by atomic mass is 16.5. The van der Waals surface area contributed by atoms with Crippen molar-refractivity contribution in [3.05, 3.63) is 59.9 Å². The molecular formula is C20H23N3O3. The first-order valence-corrected chi connectivity index (χ1v) is 8.77. The van der Waals surface area contributed by atoms with Gasteiger partial charge >= 0.3 is 0 Å². The molecule has 1 aromatic heterocycles. The van der Waals surface area contributed by atoms with E-state index in [0.717, 1.165) is 17.7 Å². The van der Waals surface area contributed by atoms with E-state index in [2.05, 4.69) is 4.98 Å². The molecule has 1 aliphatic heterocycles. The number of aromatic nitrogens is 1. The van der Waals surface area contributed by atoms with E-state index in [1.165, 1.54) is 0 Å². The maximum Gasteiger partial charge on any atom is 0.255 e. The van der Waals surface area contributed by atoms with Gasteiger partial charge in [0.05, 0.1) is 19.1 Å². The summed E-state index contributed by atoms with van der Waals surface area (Å²) >= 11 is 0. The molecular weight excluding hydrogens is 330 g/mol. The van der Waals surface area contributed by atoms with Crippen molar-refractivity contribution in [3.63, 3.8) is 0 Å². The number of rotatable bonds is 4. The summed E-state index contributed by atoms with van der Waals surface area (Å²) in [6.45, 7) is 2.43. The Morgan fingerprint density at radius 1 is 1.04 bits per heavy atom. The molecule has 2 heterocycles. The van der Waals surface area contributed by atoms with Gasteiger partial charge < -0.3 is 14.5 Å². The third-order valence-corrected chi connectivity index (χ3v) is 4.56. The number of carbonyl (C=O) groups is 2. The van der Waals surface area contributed by atoms with Crippen molar-refractivity contribution < 1.29 is 14.3 Å². The predicted molar refractivity (Wildman–Crippen MR) is 98.0 cm³/mol. The lowest BCUT2D eigenvalue weighted by Gasteiger charge is -2.22. The van der Waals surface area contributed by atoms with Gasteiger partial charge in [0.15, 0.2) is 0 Å². The van der Waals surface area contributed by atoms with Crippen LogP contribution < -0.4 is 4.74 Å². The minimum atomic E-state index is -0.0254. The Bertz CT molecular complexity index is 747. The third-order valence-electron chi connectivity index (χ3n) is 4.56. The van der Waals surface area contributed by atoms with E-state index in [-0.39, 0.29) is 11.8 Å². The zero-order chi connectivity index (χ0) is 18.4. The Morgan fingerprint density at radius 3 is 2.46 bits per heavy atom. The van der Waals surface area contributed by atoms with Crippen molar-refractivity contribution in [3.8, 4) is 5.75 Å². The minimum Gasteiger partial charge on any atom is -0.497 e. The zero-order valence-corrected chi connectivity index (χ0v) is 14.9. The van der Waals surface area contributed by atoms with Crippen molar-refractivity contribution in [1.29, 1.82) is 0 Å². The van der Waals surface area contributed by atoms with Gasteiger partial charge in [-0.1, -0.05) is 12.1 Å². The van der Waals surface area contributed by atoms with E-state index < -0.39 is 0 Å². The number of nitrogens with zero attached hydrogens (tertiary/aromatic N) is 3. The second-order valence-corrected chi connectivity index (χ2v) is 6.29. The van der Waals surface area contributed by atoms with Crippen LogP contribution in [0, 0.1) is 0 Å². The molecule has 6 heteroatoms. The van der Waals surface area contributed by atoms with Gasteiger partial charge in [0.25, 0.3) is 5.91 Å². The van der Waals surface area contributed by atoms with Gasteiger partial charge in [-0.3, -0.25) is 14.6 Å². The molecule has 0 N–H and O–H groups in total. The van der Waals surface area contributed by atoms with Crippen LogP contribution in [-0.2, 0) is 11.2 Å². The van der Waals surface area contributed by atoms with Crippen LogP contribution in [0.3, 0.4) is 0 Å². The van der Waals surface area contributed by atoms with Crippen molar-refractivity contribution >= 4 is 11.8 Å². The lowest BCUT2D eigenvalue weighted by Crippen LogP contribution is -2.38. The van der Waals surface area contributed by atoms with Crippen molar-refractivity contribution in [2.75, 3.05) is 33.3 Å². The Morgan fingerprint density at radius 2 is 1.77 bits per heavy atom. The normalized spacial score (nSPS) is 14.7. The van der Waals surface area contributed by atoms with Gasteiger partial charge in [-0.15, -0.1) is 0 Å². The molecule has 0 atom stereocenters. The quantitative estimate of drug-likeness (QED) is 0.843. The molecule has 136 valence electrons. The summed E-state index contributed by atoms with van der Waals surface area (Å²) in [5.74, 6) is 0.842. The van der Waals surface area contributed by atoms with Crippen LogP contribution in [0.5, 0.6) is 5.75 Å². The molecule has 1 fully saturated rings. The molecule has 1 aliphatic rings. The average molecular weight is 353 g/mol. The Balaban J connectivity index is 1.57. The summed E-state index contributed by atoms with van der Waals surface area (Å²) in [6.07, 6.45) is 4.37. The Hall–Kier alpha value is -2.89. The first-order valence-electron chi connectivity index (χ1n) is 8.77. The van der Waals surface area contributed by atoms with Crippen molar-refractivity contribution in [2.45, 2.75) is 12.8 Å². The maximum atomic E-state index is 12.6. The third kappa shape index (κ3) is 4.39. The monoisotopic (exact) mass is 353 g/mol. The number of hydrogen-bond acceptors (Lipinski definition) is 4. The van der Waals surface area contributed by atoms with Gasteiger partial charge in [-0.2, -0.15) is 0 Å². The second-order valence-electron chi connectivity index (χ2n) is 6.29. The van der Waals surface area contributed by atoms with E-state index in [4.69, 9.17) is 4.74 Å². The van der Waals surface area contributed by atoms with Crippen LogP contribution in [0.4, 0.5) is 0 Å². The summed E-state index contributed by atoms with van der Waals surface area (Å²) in [5.41, 5.74) is 1.55. The van der Waals surface area contributed by atoms with Gasteiger partial charge in [0, 0.05) is 38.6 Å². The van der Waals surface area contributed by atoms with E-state index in [1.54, 1.807) is 36.5 Å². The SMILES string of the molecule is COc1ccc(CC(=O)N2CCCN(C(=O)c3cccnc3)CC2)cc1. The number of ether oxygens (including phenoxy) is 1. The van der Waals surface area contributed by atoms with E-state index >= 15 is 0 Å². The molecule has 1 saturated heterocycles. The minimum absolute atomic E-state index is 0.0254. The highest BCUT2D eigenvalue weighted by Crippen LogP contribution is 2.14.